The number of amides is 1. The van der Waals surface area contributed by atoms with Crippen LogP contribution in [0.1, 0.15) is 29.6 Å². The number of carbonyl (C=O) groups is 1. The maximum atomic E-state index is 12.2. The van der Waals surface area contributed by atoms with Crippen LogP contribution in [0.15, 0.2) is 18.2 Å². The zero-order chi connectivity index (χ0) is 14.8. The number of halogens is 1. The van der Waals surface area contributed by atoms with Crippen molar-refractivity contribution in [2.75, 3.05) is 13.0 Å². The molecule has 1 amide bonds. The molecule has 1 fully saturated rings. The van der Waals surface area contributed by atoms with Crippen molar-refractivity contribution in [3.63, 3.8) is 0 Å². The Morgan fingerprint density at radius 3 is 2.70 bits per heavy atom. The molecule has 0 unspecified atom stereocenters. The summed E-state index contributed by atoms with van der Waals surface area (Å²) >= 11 is 5.88. The van der Waals surface area contributed by atoms with Gasteiger partial charge in [-0.25, -0.2) is 0 Å². The van der Waals surface area contributed by atoms with Crippen LogP contribution >= 0.6 is 11.6 Å². The van der Waals surface area contributed by atoms with E-state index < -0.39 is 4.92 Å². The number of hydrogen-bond acceptors (Lipinski definition) is 4. The summed E-state index contributed by atoms with van der Waals surface area (Å²) in [6, 6.07) is 4.14. The maximum absolute atomic E-state index is 12.2. The van der Waals surface area contributed by atoms with Crippen LogP contribution in [0.5, 0.6) is 5.75 Å². The smallest absolute Gasteiger partial charge is 0.311 e. The summed E-state index contributed by atoms with van der Waals surface area (Å²) < 4.78 is 4.90. The zero-order valence-corrected chi connectivity index (χ0v) is 11.8. The fourth-order valence-electron chi connectivity index (χ4n) is 2.18. The number of carbonyl (C=O) groups excluding carboxylic acids is 1. The predicted octanol–water partition coefficient (Wildman–Crippen LogP) is 2.49. The lowest BCUT2D eigenvalue weighted by Gasteiger charge is -2.40. The van der Waals surface area contributed by atoms with Gasteiger partial charge < -0.3 is 10.1 Å². The molecule has 0 aliphatic heterocycles. The minimum atomic E-state index is -0.573. The van der Waals surface area contributed by atoms with E-state index in [1.807, 2.05) is 0 Å². The van der Waals surface area contributed by atoms with Crippen molar-refractivity contribution in [2.45, 2.75) is 24.8 Å². The highest BCUT2D eigenvalue weighted by atomic mass is 35.5. The molecule has 0 atom stereocenters. The van der Waals surface area contributed by atoms with Crippen LogP contribution in [0.25, 0.3) is 0 Å². The molecule has 0 aromatic heterocycles. The van der Waals surface area contributed by atoms with Crippen LogP contribution in [0.3, 0.4) is 0 Å². The maximum Gasteiger partial charge on any atom is 0.311 e. The summed E-state index contributed by atoms with van der Waals surface area (Å²) in [6.07, 6.45) is 2.69. The molecule has 1 N–H and O–H groups in total. The number of methoxy groups -OCH3 is 1. The molecule has 2 rings (SSSR count). The number of hydrogen-bond donors (Lipinski definition) is 1. The Balaban J connectivity index is 2.22. The Bertz CT molecular complexity index is 538. The van der Waals surface area contributed by atoms with Crippen molar-refractivity contribution >= 4 is 23.2 Å². The molecular weight excluding hydrogens is 284 g/mol. The second-order valence-electron chi connectivity index (χ2n) is 4.87. The molecule has 20 heavy (non-hydrogen) atoms. The molecule has 108 valence electrons. The van der Waals surface area contributed by atoms with Gasteiger partial charge in [0, 0.05) is 17.5 Å². The minimum absolute atomic E-state index is 0.127. The highest BCUT2D eigenvalue weighted by molar-refractivity contribution is 6.19. The largest absolute Gasteiger partial charge is 0.490 e. The van der Waals surface area contributed by atoms with Crippen molar-refractivity contribution in [1.29, 1.82) is 0 Å². The predicted molar refractivity (Wildman–Crippen MR) is 74.4 cm³/mol. The summed E-state index contributed by atoms with van der Waals surface area (Å²) in [5.41, 5.74) is -0.365. The van der Waals surface area contributed by atoms with Crippen LogP contribution in [-0.4, -0.2) is 29.4 Å². The van der Waals surface area contributed by atoms with E-state index in [9.17, 15) is 14.9 Å². The Hall–Kier alpha value is -1.82. The number of nitrogens with one attached hydrogen (secondary N) is 1. The molecular formula is C13H15ClN2O4. The highest BCUT2D eigenvalue weighted by Gasteiger charge is 2.37. The van der Waals surface area contributed by atoms with E-state index in [0.29, 0.717) is 5.88 Å². The second-order valence-corrected chi connectivity index (χ2v) is 5.13. The summed E-state index contributed by atoms with van der Waals surface area (Å²) in [7, 11) is 1.35. The fourth-order valence-corrected chi connectivity index (χ4v) is 2.52. The van der Waals surface area contributed by atoms with Gasteiger partial charge in [0.25, 0.3) is 5.91 Å². The second kappa shape index (κ2) is 5.66. The third kappa shape index (κ3) is 2.70. The Labute approximate surface area is 121 Å². The lowest BCUT2D eigenvalue weighted by Crippen LogP contribution is -2.55. The molecule has 0 bridgehead atoms. The third-order valence-corrected chi connectivity index (χ3v) is 4.09. The van der Waals surface area contributed by atoms with Gasteiger partial charge in [0.2, 0.25) is 0 Å². The van der Waals surface area contributed by atoms with Crippen molar-refractivity contribution in [1.82, 2.24) is 5.32 Å². The summed E-state index contributed by atoms with van der Waals surface area (Å²) in [6.45, 7) is 0. The number of benzene rings is 1. The molecule has 1 aromatic carbocycles. The van der Waals surface area contributed by atoms with E-state index in [-0.39, 0.29) is 28.4 Å². The number of ether oxygens (including phenoxy) is 1. The van der Waals surface area contributed by atoms with Gasteiger partial charge in [-0.2, -0.15) is 0 Å². The first-order valence-electron chi connectivity index (χ1n) is 6.22. The van der Waals surface area contributed by atoms with Crippen molar-refractivity contribution in [3.8, 4) is 5.75 Å². The van der Waals surface area contributed by atoms with Gasteiger partial charge in [0.1, 0.15) is 0 Å². The van der Waals surface area contributed by atoms with Gasteiger partial charge in [-0.3, -0.25) is 14.9 Å². The molecule has 1 aromatic rings. The topological polar surface area (TPSA) is 81.5 Å². The number of nitrogens with zero attached hydrogens (tertiary/aromatic N) is 1. The third-order valence-electron chi connectivity index (χ3n) is 3.58. The molecule has 6 nitrogen and oxygen atoms in total. The average molecular weight is 299 g/mol. The quantitative estimate of drug-likeness (QED) is 0.514. The Morgan fingerprint density at radius 1 is 1.55 bits per heavy atom. The molecule has 1 aliphatic carbocycles. The number of rotatable bonds is 5. The van der Waals surface area contributed by atoms with Crippen molar-refractivity contribution in [2.24, 2.45) is 0 Å². The van der Waals surface area contributed by atoms with Crippen LogP contribution in [0.4, 0.5) is 5.69 Å². The summed E-state index contributed by atoms with van der Waals surface area (Å²) in [5.74, 6) is 0.120. The number of nitro groups is 1. The van der Waals surface area contributed by atoms with E-state index in [1.54, 1.807) is 0 Å². The van der Waals surface area contributed by atoms with Crippen molar-refractivity contribution in [3.05, 3.63) is 33.9 Å². The van der Waals surface area contributed by atoms with Crippen molar-refractivity contribution < 1.29 is 14.5 Å². The normalized spacial score (nSPS) is 16.1. The van der Waals surface area contributed by atoms with Gasteiger partial charge in [-0.1, -0.05) is 0 Å². The molecule has 0 heterocycles. The Kier molecular flexibility index (Phi) is 4.13. The van der Waals surface area contributed by atoms with E-state index in [1.165, 1.54) is 25.3 Å². The summed E-state index contributed by atoms with van der Waals surface area (Å²) in [5, 5.41) is 13.8. The SMILES string of the molecule is COc1ccc(C(=O)NC2(CCl)CCC2)cc1[N+](=O)[O-]. The van der Waals surface area contributed by atoms with Gasteiger partial charge in [0.15, 0.2) is 5.75 Å². The van der Waals surface area contributed by atoms with Gasteiger partial charge in [-0.15, -0.1) is 11.6 Å². The van der Waals surface area contributed by atoms with E-state index in [4.69, 9.17) is 16.3 Å². The molecule has 1 saturated carbocycles. The van der Waals surface area contributed by atoms with Crippen LogP contribution < -0.4 is 10.1 Å². The van der Waals surface area contributed by atoms with Crippen LogP contribution in [0, 0.1) is 10.1 Å². The monoisotopic (exact) mass is 298 g/mol. The minimum Gasteiger partial charge on any atom is -0.490 e. The fraction of sp³-hybridized carbons (Fsp3) is 0.462. The Morgan fingerprint density at radius 2 is 2.25 bits per heavy atom. The molecule has 1 aliphatic rings. The number of alkyl halides is 1. The standard InChI is InChI=1S/C13H15ClN2O4/c1-20-11-4-3-9(7-10(11)16(18)19)12(17)15-13(8-14)5-2-6-13/h3-4,7H,2,5-6,8H2,1H3,(H,15,17). The van der Waals surface area contributed by atoms with Gasteiger partial charge in [-0.05, 0) is 31.4 Å². The van der Waals surface area contributed by atoms with E-state index in [0.717, 1.165) is 19.3 Å². The van der Waals surface area contributed by atoms with Crippen LogP contribution in [0.2, 0.25) is 0 Å². The first-order chi connectivity index (χ1) is 9.51. The molecule has 0 radical (unpaired) electrons. The molecule has 0 saturated heterocycles. The van der Waals surface area contributed by atoms with E-state index in [2.05, 4.69) is 5.32 Å². The van der Waals surface area contributed by atoms with Gasteiger partial charge in [0.05, 0.1) is 17.6 Å². The summed E-state index contributed by atoms with van der Waals surface area (Å²) in [4.78, 5) is 22.5. The molecule has 0 spiro atoms. The lowest BCUT2D eigenvalue weighted by atomic mass is 9.78. The number of nitro benzene ring substituents is 1. The first-order valence-corrected chi connectivity index (χ1v) is 6.76. The highest BCUT2D eigenvalue weighted by Crippen LogP contribution is 2.34. The van der Waals surface area contributed by atoms with Crippen LogP contribution in [-0.2, 0) is 0 Å². The molecule has 7 heteroatoms. The van der Waals surface area contributed by atoms with E-state index >= 15 is 0 Å². The zero-order valence-electron chi connectivity index (χ0n) is 11.0. The average Bonchev–Trinajstić information content (AvgIpc) is 2.41. The lowest BCUT2D eigenvalue weighted by molar-refractivity contribution is -0.385. The van der Waals surface area contributed by atoms with Gasteiger partial charge >= 0.3 is 5.69 Å². The first kappa shape index (κ1) is 14.6.